The van der Waals surface area contributed by atoms with E-state index < -0.39 is 15.8 Å². The van der Waals surface area contributed by atoms with Gasteiger partial charge in [0.15, 0.2) is 0 Å². The first-order valence-corrected chi connectivity index (χ1v) is 9.87. The standard InChI is InChI=1S/C17H26FN3O3S/c1-17(2,3)20-16(22)21-10-8-13(9-11-21)12-19-25(23,24)15-6-4-14(18)5-7-15/h4-7,13,19H,8-12H2,1-3H3,(H,20,22). The van der Waals surface area contributed by atoms with Gasteiger partial charge < -0.3 is 10.2 Å². The van der Waals surface area contributed by atoms with Crippen molar-refractivity contribution in [3.63, 3.8) is 0 Å². The topological polar surface area (TPSA) is 78.5 Å². The molecule has 0 atom stereocenters. The molecule has 6 nitrogen and oxygen atoms in total. The van der Waals surface area contributed by atoms with Gasteiger partial charge in [-0.05, 0) is 63.8 Å². The van der Waals surface area contributed by atoms with Crippen LogP contribution in [0.4, 0.5) is 9.18 Å². The average molecular weight is 371 g/mol. The van der Waals surface area contributed by atoms with Gasteiger partial charge in [-0.2, -0.15) is 0 Å². The fraction of sp³-hybridized carbons (Fsp3) is 0.588. The van der Waals surface area contributed by atoms with Crippen LogP contribution >= 0.6 is 0 Å². The molecule has 0 aromatic heterocycles. The Kier molecular flexibility index (Phi) is 6.05. The van der Waals surface area contributed by atoms with Crippen molar-refractivity contribution in [2.24, 2.45) is 5.92 Å². The van der Waals surface area contributed by atoms with Gasteiger partial charge >= 0.3 is 6.03 Å². The fourth-order valence-electron chi connectivity index (χ4n) is 2.66. The Bertz CT molecular complexity index is 691. The minimum atomic E-state index is -3.64. The molecule has 2 amide bonds. The molecule has 1 aromatic carbocycles. The van der Waals surface area contributed by atoms with Crippen molar-refractivity contribution in [1.82, 2.24) is 14.9 Å². The number of amides is 2. The van der Waals surface area contributed by atoms with Crippen LogP contribution in [0.2, 0.25) is 0 Å². The molecule has 0 radical (unpaired) electrons. The molecule has 0 saturated carbocycles. The maximum Gasteiger partial charge on any atom is 0.317 e. The molecule has 8 heteroatoms. The number of benzene rings is 1. The third-order valence-corrected chi connectivity index (χ3v) is 5.51. The normalized spacial score (nSPS) is 16.7. The van der Waals surface area contributed by atoms with Crippen LogP contribution in [0, 0.1) is 11.7 Å². The van der Waals surface area contributed by atoms with Gasteiger partial charge in [0.05, 0.1) is 4.90 Å². The van der Waals surface area contributed by atoms with Crippen LogP contribution in [0.3, 0.4) is 0 Å². The van der Waals surface area contributed by atoms with Gasteiger partial charge in [0.1, 0.15) is 5.82 Å². The Morgan fingerprint density at radius 3 is 2.28 bits per heavy atom. The van der Waals surface area contributed by atoms with E-state index in [0.29, 0.717) is 19.6 Å². The highest BCUT2D eigenvalue weighted by Crippen LogP contribution is 2.18. The molecular formula is C17H26FN3O3S. The van der Waals surface area contributed by atoms with Crippen molar-refractivity contribution in [3.8, 4) is 0 Å². The summed E-state index contributed by atoms with van der Waals surface area (Å²) >= 11 is 0. The Morgan fingerprint density at radius 2 is 1.76 bits per heavy atom. The summed E-state index contributed by atoms with van der Waals surface area (Å²) < 4.78 is 39.9. The van der Waals surface area contributed by atoms with Crippen LogP contribution in [0.5, 0.6) is 0 Å². The van der Waals surface area contributed by atoms with E-state index in [-0.39, 0.29) is 22.4 Å². The summed E-state index contributed by atoms with van der Waals surface area (Å²) in [7, 11) is -3.64. The minimum Gasteiger partial charge on any atom is -0.333 e. The lowest BCUT2D eigenvalue weighted by atomic mass is 9.97. The number of likely N-dealkylation sites (tertiary alicyclic amines) is 1. The number of nitrogens with zero attached hydrogens (tertiary/aromatic N) is 1. The predicted molar refractivity (Wildman–Crippen MR) is 94.2 cm³/mol. The smallest absolute Gasteiger partial charge is 0.317 e. The SMILES string of the molecule is CC(C)(C)NC(=O)N1CCC(CNS(=O)(=O)c2ccc(F)cc2)CC1. The second-order valence-corrected chi connectivity index (χ2v) is 9.18. The van der Waals surface area contributed by atoms with Crippen LogP contribution in [0.15, 0.2) is 29.2 Å². The number of rotatable bonds is 4. The lowest BCUT2D eigenvalue weighted by Crippen LogP contribution is -2.51. The van der Waals surface area contributed by atoms with E-state index in [9.17, 15) is 17.6 Å². The second kappa shape index (κ2) is 7.70. The van der Waals surface area contributed by atoms with E-state index in [1.165, 1.54) is 12.1 Å². The van der Waals surface area contributed by atoms with Crippen molar-refractivity contribution in [1.29, 1.82) is 0 Å². The van der Waals surface area contributed by atoms with E-state index in [4.69, 9.17) is 0 Å². The quantitative estimate of drug-likeness (QED) is 0.853. The molecule has 1 aliphatic rings. The van der Waals surface area contributed by atoms with Crippen molar-refractivity contribution in [2.75, 3.05) is 19.6 Å². The fourth-order valence-corrected chi connectivity index (χ4v) is 3.78. The molecule has 0 unspecified atom stereocenters. The third-order valence-electron chi connectivity index (χ3n) is 4.07. The highest BCUT2D eigenvalue weighted by Gasteiger charge is 2.26. The number of nitrogens with one attached hydrogen (secondary N) is 2. The summed E-state index contributed by atoms with van der Waals surface area (Å²) in [5.41, 5.74) is -0.279. The Hall–Kier alpha value is -1.67. The van der Waals surface area contributed by atoms with E-state index >= 15 is 0 Å². The Morgan fingerprint density at radius 1 is 1.20 bits per heavy atom. The summed E-state index contributed by atoms with van der Waals surface area (Å²) in [6, 6.07) is 4.66. The third kappa shape index (κ3) is 5.97. The van der Waals surface area contributed by atoms with E-state index in [1.54, 1.807) is 4.90 Å². The maximum absolute atomic E-state index is 12.9. The second-order valence-electron chi connectivity index (χ2n) is 7.42. The van der Waals surface area contributed by atoms with Crippen LogP contribution in [-0.2, 0) is 10.0 Å². The van der Waals surface area contributed by atoms with Crippen molar-refractivity contribution in [2.45, 2.75) is 44.0 Å². The molecule has 140 valence electrons. The molecule has 0 spiro atoms. The molecule has 1 heterocycles. The van der Waals surface area contributed by atoms with E-state index in [2.05, 4.69) is 10.0 Å². The molecule has 1 saturated heterocycles. The van der Waals surface area contributed by atoms with Crippen LogP contribution in [0.1, 0.15) is 33.6 Å². The van der Waals surface area contributed by atoms with Gasteiger partial charge in [0, 0.05) is 25.2 Å². The highest BCUT2D eigenvalue weighted by molar-refractivity contribution is 7.89. The zero-order valence-electron chi connectivity index (χ0n) is 14.9. The number of sulfonamides is 1. The van der Waals surface area contributed by atoms with Crippen molar-refractivity contribution < 1.29 is 17.6 Å². The van der Waals surface area contributed by atoms with Gasteiger partial charge in [-0.3, -0.25) is 0 Å². The molecule has 1 fully saturated rings. The Balaban J connectivity index is 1.82. The molecule has 2 rings (SSSR count). The maximum atomic E-state index is 12.9. The summed E-state index contributed by atoms with van der Waals surface area (Å²) in [4.78, 5) is 13.9. The number of urea groups is 1. The minimum absolute atomic E-state index is 0.0518. The number of halogens is 1. The number of carbonyl (C=O) groups is 1. The highest BCUT2D eigenvalue weighted by atomic mass is 32.2. The first kappa shape index (κ1) is 19.7. The zero-order chi connectivity index (χ0) is 18.7. The van der Waals surface area contributed by atoms with Gasteiger partial charge in [-0.15, -0.1) is 0 Å². The molecule has 25 heavy (non-hydrogen) atoms. The van der Waals surface area contributed by atoms with Gasteiger partial charge in [0.2, 0.25) is 10.0 Å². The van der Waals surface area contributed by atoms with Gasteiger partial charge in [0.25, 0.3) is 0 Å². The summed E-state index contributed by atoms with van der Waals surface area (Å²) in [6.07, 6.45) is 1.48. The first-order chi connectivity index (χ1) is 11.6. The summed E-state index contributed by atoms with van der Waals surface area (Å²) in [5, 5.41) is 2.93. The van der Waals surface area contributed by atoms with Crippen LogP contribution < -0.4 is 10.0 Å². The summed E-state index contributed by atoms with van der Waals surface area (Å²) in [5.74, 6) is -0.297. The number of hydrogen-bond donors (Lipinski definition) is 2. The van der Waals surface area contributed by atoms with Crippen LogP contribution in [-0.4, -0.2) is 44.5 Å². The van der Waals surface area contributed by atoms with Crippen molar-refractivity contribution in [3.05, 3.63) is 30.1 Å². The monoisotopic (exact) mass is 371 g/mol. The van der Waals surface area contributed by atoms with E-state index in [0.717, 1.165) is 25.0 Å². The average Bonchev–Trinajstić information content (AvgIpc) is 2.52. The van der Waals surface area contributed by atoms with Crippen LogP contribution in [0.25, 0.3) is 0 Å². The molecular weight excluding hydrogens is 345 g/mol. The molecule has 0 bridgehead atoms. The predicted octanol–water partition coefficient (Wildman–Crippen LogP) is 2.32. The lowest BCUT2D eigenvalue weighted by Gasteiger charge is -2.34. The number of carbonyl (C=O) groups excluding carboxylic acids is 1. The molecule has 1 aromatic rings. The van der Waals surface area contributed by atoms with Crippen molar-refractivity contribution >= 4 is 16.1 Å². The number of piperidine rings is 1. The molecule has 2 N–H and O–H groups in total. The Labute approximate surface area is 148 Å². The van der Waals surface area contributed by atoms with Gasteiger partial charge in [-0.25, -0.2) is 22.3 Å². The summed E-state index contributed by atoms with van der Waals surface area (Å²) in [6.45, 7) is 7.32. The molecule has 0 aliphatic carbocycles. The molecule has 1 aliphatic heterocycles. The first-order valence-electron chi connectivity index (χ1n) is 8.39. The van der Waals surface area contributed by atoms with Gasteiger partial charge in [-0.1, -0.05) is 0 Å². The largest absolute Gasteiger partial charge is 0.333 e. The lowest BCUT2D eigenvalue weighted by molar-refractivity contribution is 0.163. The zero-order valence-corrected chi connectivity index (χ0v) is 15.7. The van der Waals surface area contributed by atoms with E-state index in [1.807, 2.05) is 20.8 Å². The number of hydrogen-bond acceptors (Lipinski definition) is 3.